The molecular weight excluding hydrogens is 285 g/mol. The molecule has 0 heterocycles. The Labute approximate surface area is 119 Å². The van der Waals surface area contributed by atoms with Crippen LogP contribution in [0.5, 0.6) is 0 Å². The van der Waals surface area contributed by atoms with Crippen LogP contribution in [0.3, 0.4) is 0 Å². The van der Waals surface area contributed by atoms with Crippen molar-refractivity contribution in [3.63, 3.8) is 0 Å². The molecule has 0 aromatic heterocycles. The average Bonchev–Trinajstić information content (AvgIpc) is 2.35. The summed E-state index contributed by atoms with van der Waals surface area (Å²) >= 11 is 0. The Morgan fingerprint density at radius 1 is 1.10 bits per heavy atom. The van der Waals surface area contributed by atoms with E-state index in [-0.39, 0.29) is 25.8 Å². The third-order valence-electron chi connectivity index (χ3n) is 2.36. The number of carbonyl (C=O) groups excluding carboxylic acids is 2. The van der Waals surface area contributed by atoms with Gasteiger partial charge in [0.2, 0.25) is 0 Å². The number of esters is 1. The number of amides is 1. The quantitative estimate of drug-likeness (QED) is 0.517. The molecule has 8 heteroatoms. The fourth-order valence-corrected chi connectivity index (χ4v) is 2.91. The molecule has 1 unspecified atom stereocenters. The highest BCUT2D eigenvalue weighted by molar-refractivity contribution is 7.58. The van der Waals surface area contributed by atoms with Gasteiger partial charge in [0.05, 0.1) is 19.8 Å². The van der Waals surface area contributed by atoms with Crippen molar-refractivity contribution >= 4 is 19.4 Å². The van der Waals surface area contributed by atoms with Gasteiger partial charge in [-0.05, 0) is 27.2 Å². The molecule has 0 saturated carbocycles. The van der Waals surface area contributed by atoms with Crippen molar-refractivity contribution < 1.29 is 28.2 Å². The normalized spacial score (nSPS) is 15.0. The summed E-state index contributed by atoms with van der Waals surface area (Å²) in [5.41, 5.74) is 0. The molecule has 0 aliphatic rings. The molecule has 2 atom stereocenters. The topological polar surface area (TPSA) is 90.9 Å². The molecule has 0 aliphatic heterocycles. The second-order valence-electron chi connectivity index (χ2n) is 4.11. The highest BCUT2D eigenvalue weighted by Gasteiger charge is 2.26. The van der Waals surface area contributed by atoms with E-state index in [2.05, 4.69) is 5.32 Å². The maximum atomic E-state index is 12.0. The lowest BCUT2D eigenvalue weighted by Gasteiger charge is -2.19. The molecule has 118 valence electrons. The predicted molar refractivity (Wildman–Crippen MR) is 75.2 cm³/mol. The van der Waals surface area contributed by atoms with Crippen molar-refractivity contribution in [1.29, 1.82) is 0 Å². The minimum atomic E-state index is -2.76. The molecule has 1 amide bonds. The Morgan fingerprint density at radius 3 is 2.20 bits per heavy atom. The first-order chi connectivity index (χ1) is 9.36. The van der Waals surface area contributed by atoms with Crippen LogP contribution in [0.1, 0.15) is 27.2 Å². The van der Waals surface area contributed by atoms with Crippen LogP contribution in [0.4, 0.5) is 4.79 Å². The lowest BCUT2D eigenvalue weighted by atomic mass is 10.2. The summed E-state index contributed by atoms with van der Waals surface area (Å²) in [5, 5.41) is 2.40. The third kappa shape index (κ3) is 8.17. The van der Waals surface area contributed by atoms with Crippen LogP contribution < -0.4 is 5.32 Å². The lowest BCUT2D eigenvalue weighted by Crippen LogP contribution is -2.42. The van der Waals surface area contributed by atoms with Crippen LogP contribution in [0.2, 0.25) is 0 Å². The van der Waals surface area contributed by atoms with Crippen LogP contribution in [-0.2, 0) is 23.4 Å². The van der Waals surface area contributed by atoms with Gasteiger partial charge in [-0.3, -0.25) is 4.57 Å². The molecule has 0 aromatic rings. The van der Waals surface area contributed by atoms with E-state index in [9.17, 15) is 14.2 Å². The van der Waals surface area contributed by atoms with Crippen LogP contribution in [0.25, 0.3) is 0 Å². The Morgan fingerprint density at radius 2 is 1.70 bits per heavy atom. The van der Waals surface area contributed by atoms with E-state index < -0.39 is 25.5 Å². The summed E-state index contributed by atoms with van der Waals surface area (Å²) in [6, 6.07) is -0.886. The van der Waals surface area contributed by atoms with E-state index in [1.807, 2.05) is 0 Å². The summed E-state index contributed by atoms with van der Waals surface area (Å²) in [4.78, 5) is 23.1. The summed E-state index contributed by atoms with van der Waals surface area (Å²) in [6.07, 6.45) is -0.352. The first-order valence-corrected chi connectivity index (χ1v) is 8.93. The van der Waals surface area contributed by atoms with Gasteiger partial charge in [-0.15, -0.1) is 0 Å². The number of hydrogen-bond donors (Lipinski definition) is 1. The average molecular weight is 309 g/mol. The van der Waals surface area contributed by atoms with E-state index >= 15 is 0 Å². The zero-order valence-corrected chi connectivity index (χ0v) is 13.4. The maximum absolute atomic E-state index is 12.0. The lowest BCUT2D eigenvalue weighted by molar-refractivity contribution is -0.145. The summed E-state index contributed by atoms with van der Waals surface area (Å²) in [7, 11) is -2.76. The van der Waals surface area contributed by atoms with Gasteiger partial charge in [-0.25, -0.2) is 9.59 Å². The minimum absolute atomic E-state index is 0.172. The summed E-state index contributed by atoms with van der Waals surface area (Å²) in [5.74, 6) is -0.572. The zero-order valence-electron chi connectivity index (χ0n) is 12.5. The Balaban J connectivity index is 4.57. The Bertz CT molecular complexity index is 360. The minimum Gasteiger partial charge on any atom is -0.464 e. The summed E-state index contributed by atoms with van der Waals surface area (Å²) in [6.45, 7) is 7.32. The van der Waals surface area contributed by atoms with E-state index in [0.717, 1.165) is 0 Å². The van der Waals surface area contributed by atoms with Crippen molar-refractivity contribution in [3.05, 3.63) is 0 Å². The van der Waals surface area contributed by atoms with Crippen molar-refractivity contribution in [2.45, 2.75) is 33.2 Å². The zero-order chi connectivity index (χ0) is 15.6. The van der Waals surface area contributed by atoms with Gasteiger partial charge < -0.3 is 19.3 Å². The highest BCUT2D eigenvalue weighted by atomic mass is 31.2. The summed E-state index contributed by atoms with van der Waals surface area (Å²) < 4.78 is 26.7. The van der Waals surface area contributed by atoms with Crippen LogP contribution >= 0.6 is 7.37 Å². The molecule has 0 aliphatic carbocycles. The number of carbonyl (C=O) groups is 2. The maximum Gasteiger partial charge on any atom is 0.407 e. The molecule has 0 fully saturated rings. The highest BCUT2D eigenvalue weighted by Crippen LogP contribution is 2.43. The van der Waals surface area contributed by atoms with Gasteiger partial charge in [0.15, 0.2) is 7.37 Å². The number of ether oxygens (including phenoxy) is 2. The fraction of sp³-hybridized carbons (Fsp3) is 0.833. The molecule has 1 N–H and O–H groups in total. The molecule has 0 radical (unpaired) electrons. The Kier molecular flexibility index (Phi) is 9.25. The monoisotopic (exact) mass is 309 g/mol. The SMILES string of the molecule is CCOC(=O)N[C@@H](CCP(C)(=O)OCC)C(=O)OCC. The first kappa shape index (κ1) is 18.9. The fourth-order valence-electron chi connectivity index (χ4n) is 1.51. The molecule has 7 nitrogen and oxygen atoms in total. The van der Waals surface area contributed by atoms with Gasteiger partial charge in [0.1, 0.15) is 6.04 Å². The second kappa shape index (κ2) is 9.77. The van der Waals surface area contributed by atoms with E-state index in [0.29, 0.717) is 6.61 Å². The van der Waals surface area contributed by atoms with Crippen molar-refractivity contribution in [2.75, 3.05) is 32.6 Å². The van der Waals surface area contributed by atoms with Crippen LogP contribution in [0.15, 0.2) is 0 Å². The van der Waals surface area contributed by atoms with Crippen molar-refractivity contribution in [3.8, 4) is 0 Å². The van der Waals surface area contributed by atoms with E-state index in [1.54, 1.807) is 20.8 Å². The predicted octanol–water partition coefficient (Wildman–Crippen LogP) is 2.00. The number of rotatable bonds is 9. The van der Waals surface area contributed by atoms with Crippen molar-refractivity contribution in [1.82, 2.24) is 5.32 Å². The smallest absolute Gasteiger partial charge is 0.407 e. The molecule has 0 rings (SSSR count). The Hall–Kier alpha value is -1.07. The molecular formula is C12H24NO6P. The largest absolute Gasteiger partial charge is 0.464 e. The van der Waals surface area contributed by atoms with Crippen LogP contribution in [-0.4, -0.2) is 50.8 Å². The van der Waals surface area contributed by atoms with Gasteiger partial charge in [-0.1, -0.05) is 0 Å². The molecule has 0 spiro atoms. The number of hydrogen-bond acceptors (Lipinski definition) is 6. The second-order valence-corrected chi connectivity index (χ2v) is 6.85. The molecule has 0 bridgehead atoms. The number of nitrogens with one attached hydrogen (secondary N) is 1. The standard InChI is InChI=1S/C12H24NO6P/c1-5-17-11(14)10(13-12(15)18-6-2)8-9-20(4,16)19-7-3/h10H,5-9H2,1-4H3,(H,13,15)/t10-,20?/m0/s1. The van der Waals surface area contributed by atoms with Gasteiger partial charge in [0.25, 0.3) is 0 Å². The van der Waals surface area contributed by atoms with E-state index in [1.165, 1.54) is 6.66 Å². The molecule has 20 heavy (non-hydrogen) atoms. The van der Waals surface area contributed by atoms with Gasteiger partial charge >= 0.3 is 12.1 Å². The van der Waals surface area contributed by atoms with Gasteiger partial charge in [-0.2, -0.15) is 0 Å². The molecule has 0 saturated heterocycles. The van der Waals surface area contributed by atoms with Crippen LogP contribution in [0, 0.1) is 0 Å². The van der Waals surface area contributed by atoms with Gasteiger partial charge in [0, 0.05) is 12.8 Å². The van der Waals surface area contributed by atoms with Crippen molar-refractivity contribution in [2.24, 2.45) is 0 Å². The third-order valence-corrected chi connectivity index (χ3v) is 4.24. The number of alkyl carbamates (subject to hydrolysis) is 1. The molecule has 0 aromatic carbocycles. The van der Waals surface area contributed by atoms with E-state index in [4.69, 9.17) is 14.0 Å². The first-order valence-electron chi connectivity index (χ1n) is 6.67.